The van der Waals surface area contributed by atoms with E-state index >= 15 is 0 Å². The van der Waals surface area contributed by atoms with Gasteiger partial charge in [0.2, 0.25) is 0 Å². The van der Waals surface area contributed by atoms with Crippen molar-refractivity contribution in [3.63, 3.8) is 0 Å². The number of rotatable bonds is 5. The minimum Gasteiger partial charge on any atom is -0.497 e. The third-order valence-electron chi connectivity index (χ3n) is 4.50. The van der Waals surface area contributed by atoms with Gasteiger partial charge in [-0.3, -0.25) is 4.90 Å². The van der Waals surface area contributed by atoms with Crippen LogP contribution in [-0.2, 0) is 0 Å². The average Bonchev–Trinajstić information content (AvgIpc) is 2.70. The minimum absolute atomic E-state index is 0.721. The standard InChI is InChI=1S/C16H22BrNO2/c1-19-15-4-6-16(7-5-15)20-9-8-18-13-2-3-14(18)11-12(17)10-13/h4-7,12-14H,2-3,8-11H2,1H3. The van der Waals surface area contributed by atoms with Crippen LogP contribution in [0, 0.1) is 0 Å². The van der Waals surface area contributed by atoms with Crippen LogP contribution >= 0.6 is 15.9 Å². The summed E-state index contributed by atoms with van der Waals surface area (Å²) >= 11 is 3.79. The van der Waals surface area contributed by atoms with Gasteiger partial charge in [-0.15, -0.1) is 0 Å². The van der Waals surface area contributed by atoms with Gasteiger partial charge in [-0.25, -0.2) is 0 Å². The Morgan fingerprint density at radius 2 is 1.70 bits per heavy atom. The van der Waals surface area contributed by atoms with Crippen molar-refractivity contribution < 1.29 is 9.47 Å². The highest BCUT2D eigenvalue weighted by Gasteiger charge is 2.39. The molecule has 2 unspecified atom stereocenters. The molecule has 0 amide bonds. The summed E-state index contributed by atoms with van der Waals surface area (Å²) in [6.07, 6.45) is 5.29. The van der Waals surface area contributed by atoms with E-state index in [-0.39, 0.29) is 0 Å². The lowest BCUT2D eigenvalue weighted by Crippen LogP contribution is -2.45. The summed E-state index contributed by atoms with van der Waals surface area (Å²) in [6, 6.07) is 9.34. The molecule has 0 N–H and O–H groups in total. The smallest absolute Gasteiger partial charge is 0.119 e. The number of hydrogen-bond acceptors (Lipinski definition) is 3. The van der Waals surface area contributed by atoms with Gasteiger partial charge in [0.1, 0.15) is 18.1 Å². The first-order valence-corrected chi connectivity index (χ1v) is 8.34. The van der Waals surface area contributed by atoms with E-state index in [9.17, 15) is 0 Å². The number of fused-ring (bicyclic) bond motifs is 2. The van der Waals surface area contributed by atoms with Crippen molar-refractivity contribution in [3.05, 3.63) is 24.3 Å². The molecule has 0 spiro atoms. The Morgan fingerprint density at radius 3 is 2.30 bits per heavy atom. The zero-order chi connectivity index (χ0) is 13.9. The molecule has 110 valence electrons. The summed E-state index contributed by atoms with van der Waals surface area (Å²) in [4.78, 5) is 3.38. The van der Waals surface area contributed by atoms with Crippen LogP contribution in [0.2, 0.25) is 0 Å². The molecule has 2 aliphatic heterocycles. The molecule has 0 aliphatic carbocycles. The molecule has 4 heteroatoms. The normalized spacial score (nSPS) is 29.4. The summed E-state index contributed by atoms with van der Waals surface area (Å²) in [7, 11) is 1.68. The Balaban J connectivity index is 1.48. The first-order chi connectivity index (χ1) is 9.76. The van der Waals surface area contributed by atoms with Gasteiger partial charge < -0.3 is 9.47 Å². The molecule has 3 rings (SSSR count). The number of hydrogen-bond donors (Lipinski definition) is 0. The second-order valence-electron chi connectivity index (χ2n) is 5.72. The molecule has 2 saturated heterocycles. The second kappa shape index (κ2) is 6.35. The molecule has 3 nitrogen and oxygen atoms in total. The van der Waals surface area contributed by atoms with Crippen LogP contribution in [0.5, 0.6) is 11.5 Å². The predicted molar refractivity (Wildman–Crippen MR) is 84.0 cm³/mol. The fourth-order valence-electron chi connectivity index (χ4n) is 3.51. The van der Waals surface area contributed by atoms with E-state index in [1.807, 2.05) is 24.3 Å². The van der Waals surface area contributed by atoms with Gasteiger partial charge in [0, 0.05) is 23.5 Å². The third kappa shape index (κ3) is 3.12. The summed E-state index contributed by atoms with van der Waals surface area (Å²) in [6.45, 7) is 1.81. The van der Waals surface area contributed by atoms with Crippen LogP contribution in [0.4, 0.5) is 0 Å². The number of halogens is 1. The maximum absolute atomic E-state index is 5.85. The lowest BCUT2D eigenvalue weighted by Gasteiger charge is -2.36. The van der Waals surface area contributed by atoms with Crippen molar-refractivity contribution in [2.75, 3.05) is 20.3 Å². The van der Waals surface area contributed by atoms with Crippen LogP contribution in [-0.4, -0.2) is 42.1 Å². The van der Waals surface area contributed by atoms with Crippen LogP contribution in [0.25, 0.3) is 0 Å². The zero-order valence-corrected chi connectivity index (χ0v) is 13.5. The van der Waals surface area contributed by atoms with Crippen molar-refractivity contribution in [2.24, 2.45) is 0 Å². The number of piperidine rings is 1. The number of alkyl halides is 1. The van der Waals surface area contributed by atoms with Gasteiger partial charge in [-0.2, -0.15) is 0 Å². The van der Waals surface area contributed by atoms with Crippen molar-refractivity contribution in [3.8, 4) is 11.5 Å². The highest BCUT2D eigenvalue weighted by molar-refractivity contribution is 9.09. The fourth-order valence-corrected chi connectivity index (χ4v) is 4.38. The highest BCUT2D eigenvalue weighted by Crippen LogP contribution is 2.38. The van der Waals surface area contributed by atoms with E-state index in [1.54, 1.807) is 7.11 Å². The van der Waals surface area contributed by atoms with Crippen molar-refractivity contribution in [2.45, 2.75) is 42.6 Å². The summed E-state index contributed by atoms with van der Waals surface area (Å²) in [5.74, 6) is 1.79. The summed E-state index contributed by atoms with van der Waals surface area (Å²) in [5, 5.41) is 0. The molecular weight excluding hydrogens is 318 g/mol. The Bertz CT molecular complexity index is 423. The van der Waals surface area contributed by atoms with Gasteiger partial charge in [-0.05, 0) is 49.9 Å². The SMILES string of the molecule is COc1ccc(OCCN2C3CCC2CC(Br)C3)cc1. The molecule has 0 radical (unpaired) electrons. The Labute approximate surface area is 129 Å². The number of methoxy groups -OCH3 is 1. The van der Waals surface area contributed by atoms with E-state index < -0.39 is 0 Å². The molecule has 1 aromatic rings. The monoisotopic (exact) mass is 339 g/mol. The molecule has 2 aliphatic rings. The molecular formula is C16H22BrNO2. The lowest BCUT2D eigenvalue weighted by atomic mass is 10.0. The molecule has 2 atom stereocenters. The van der Waals surface area contributed by atoms with Gasteiger partial charge in [0.05, 0.1) is 7.11 Å². The Hall–Kier alpha value is -0.740. The number of nitrogens with zero attached hydrogens (tertiary/aromatic N) is 1. The summed E-state index contributed by atoms with van der Waals surface area (Å²) in [5.41, 5.74) is 0. The Morgan fingerprint density at radius 1 is 1.10 bits per heavy atom. The largest absolute Gasteiger partial charge is 0.497 e. The maximum atomic E-state index is 5.85. The Kier molecular flexibility index (Phi) is 4.51. The highest BCUT2D eigenvalue weighted by atomic mass is 79.9. The predicted octanol–water partition coefficient (Wildman–Crippen LogP) is 3.46. The molecule has 2 fully saturated rings. The molecule has 1 aromatic carbocycles. The van der Waals surface area contributed by atoms with Gasteiger partial charge >= 0.3 is 0 Å². The first kappa shape index (κ1) is 14.2. The summed E-state index contributed by atoms with van der Waals surface area (Å²) < 4.78 is 11.0. The number of benzene rings is 1. The molecule has 0 aromatic heterocycles. The van der Waals surface area contributed by atoms with Crippen LogP contribution in [0.15, 0.2) is 24.3 Å². The van der Waals surface area contributed by atoms with Gasteiger partial charge in [0.25, 0.3) is 0 Å². The van der Waals surface area contributed by atoms with Crippen LogP contribution in [0.1, 0.15) is 25.7 Å². The molecule has 2 heterocycles. The third-order valence-corrected chi connectivity index (χ3v) is 5.25. The lowest BCUT2D eigenvalue weighted by molar-refractivity contribution is 0.120. The fraction of sp³-hybridized carbons (Fsp3) is 0.625. The van der Waals surface area contributed by atoms with E-state index in [2.05, 4.69) is 20.8 Å². The quantitative estimate of drug-likeness (QED) is 0.766. The van der Waals surface area contributed by atoms with E-state index in [0.717, 1.165) is 41.6 Å². The van der Waals surface area contributed by atoms with E-state index in [4.69, 9.17) is 9.47 Å². The van der Waals surface area contributed by atoms with Crippen LogP contribution in [0.3, 0.4) is 0 Å². The van der Waals surface area contributed by atoms with Crippen molar-refractivity contribution >= 4 is 15.9 Å². The first-order valence-electron chi connectivity index (χ1n) is 7.43. The number of ether oxygens (including phenoxy) is 2. The topological polar surface area (TPSA) is 21.7 Å². The van der Waals surface area contributed by atoms with Gasteiger partial charge in [-0.1, -0.05) is 15.9 Å². The minimum atomic E-state index is 0.721. The van der Waals surface area contributed by atoms with E-state index in [0.29, 0.717) is 0 Å². The van der Waals surface area contributed by atoms with Crippen molar-refractivity contribution in [1.29, 1.82) is 0 Å². The molecule has 2 bridgehead atoms. The van der Waals surface area contributed by atoms with Crippen LogP contribution < -0.4 is 9.47 Å². The zero-order valence-electron chi connectivity index (χ0n) is 11.9. The second-order valence-corrected chi connectivity index (χ2v) is 7.01. The van der Waals surface area contributed by atoms with E-state index in [1.165, 1.54) is 25.7 Å². The van der Waals surface area contributed by atoms with Gasteiger partial charge in [0.15, 0.2) is 0 Å². The van der Waals surface area contributed by atoms with Crippen molar-refractivity contribution in [1.82, 2.24) is 4.90 Å². The maximum Gasteiger partial charge on any atom is 0.119 e. The molecule has 0 saturated carbocycles. The average molecular weight is 340 g/mol. The molecule has 20 heavy (non-hydrogen) atoms.